The highest BCUT2D eigenvalue weighted by Gasteiger charge is 2.26. The van der Waals surface area contributed by atoms with Crippen molar-refractivity contribution in [3.63, 3.8) is 0 Å². The van der Waals surface area contributed by atoms with Gasteiger partial charge in [-0.1, -0.05) is 18.2 Å². The van der Waals surface area contributed by atoms with E-state index in [1.807, 2.05) is 24.3 Å². The largest absolute Gasteiger partial charge is 0.396 e. The summed E-state index contributed by atoms with van der Waals surface area (Å²) in [5.74, 6) is -0.0333. The first-order chi connectivity index (χ1) is 6.33. The zero-order valence-corrected chi connectivity index (χ0v) is 7.16. The third kappa shape index (κ3) is 1.31. The molecule has 0 unspecified atom stereocenters. The van der Waals surface area contributed by atoms with Crippen molar-refractivity contribution in [1.29, 1.82) is 0 Å². The number of carbonyl (C=O) groups excluding carboxylic acids is 1. The second-order valence-corrected chi connectivity index (χ2v) is 3.13. The van der Waals surface area contributed by atoms with Crippen LogP contribution >= 0.6 is 0 Å². The van der Waals surface area contributed by atoms with Gasteiger partial charge in [-0.25, -0.2) is 0 Å². The second kappa shape index (κ2) is 3.18. The Hall–Kier alpha value is -1.35. The molecule has 1 aliphatic rings. The summed E-state index contributed by atoms with van der Waals surface area (Å²) < 4.78 is 0. The number of aliphatic hydroxyl groups is 1. The number of benzene rings is 1. The molecule has 0 saturated carbocycles. The lowest BCUT2D eigenvalue weighted by Crippen LogP contribution is -2.19. The van der Waals surface area contributed by atoms with Crippen molar-refractivity contribution >= 4 is 5.91 Å². The van der Waals surface area contributed by atoms with Gasteiger partial charge in [0.1, 0.15) is 0 Å². The van der Waals surface area contributed by atoms with Gasteiger partial charge in [0.05, 0.1) is 6.04 Å². The lowest BCUT2D eigenvalue weighted by molar-refractivity contribution is 0.0952. The van der Waals surface area contributed by atoms with Crippen LogP contribution in [0.3, 0.4) is 0 Å². The summed E-state index contributed by atoms with van der Waals surface area (Å²) in [6, 6.07) is 7.48. The van der Waals surface area contributed by atoms with Gasteiger partial charge in [0.15, 0.2) is 0 Å². The maximum absolute atomic E-state index is 11.4. The number of carbonyl (C=O) groups is 1. The van der Waals surface area contributed by atoms with Gasteiger partial charge in [-0.3, -0.25) is 4.79 Å². The van der Waals surface area contributed by atoms with E-state index in [9.17, 15) is 4.79 Å². The monoisotopic (exact) mass is 177 g/mol. The lowest BCUT2D eigenvalue weighted by atomic mass is 10.0. The Balaban J connectivity index is 2.36. The number of hydrogen-bond donors (Lipinski definition) is 2. The quantitative estimate of drug-likeness (QED) is 0.703. The van der Waals surface area contributed by atoms with E-state index in [0.29, 0.717) is 6.42 Å². The predicted molar refractivity (Wildman–Crippen MR) is 48.4 cm³/mol. The standard InChI is InChI=1S/C10H11NO2/c12-6-5-9-7-3-1-2-4-8(7)10(13)11-9/h1-4,9,12H,5-6H2,(H,11,13)/t9-/m0/s1. The Morgan fingerprint density at radius 2 is 2.15 bits per heavy atom. The lowest BCUT2D eigenvalue weighted by Gasteiger charge is -2.08. The molecule has 0 saturated heterocycles. The first-order valence-electron chi connectivity index (χ1n) is 4.33. The Morgan fingerprint density at radius 1 is 1.38 bits per heavy atom. The summed E-state index contributed by atoms with van der Waals surface area (Å²) in [4.78, 5) is 11.4. The van der Waals surface area contributed by atoms with E-state index in [0.717, 1.165) is 11.1 Å². The highest BCUT2D eigenvalue weighted by molar-refractivity contribution is 5.99. The molecule has 1 aromatic carbocycles. The number of fused-ring (bicyclic) bond motifs is 1. The average Bonchev–Trinajstić information content (AvgIpc) is 2.46. The molecule has 0 bridgehead atoms. The maximum atomic E-state index is 11.4. The van der Waals surface area contributed by atoms with Crippen LogP contribution in [0.15, 0.2) is 24.3 Å². The molecule has 1 aliphatic heterocycles. The van der Waals surface area contributed by atoms with Crippen molar-refractivity contribution in [2.24, 2.45) is 0 Å². The Kier molecular flexibility index (Phi) is 2.02. The molecule has 3 heteroatoms. The molecule has 2 rings (SSSR count). The fourth-order valence-electron chi connectivity index (χ4n) is 1.68. The first kappa shape index (κ1) is 8.26. The van der Waals surface area contributed by atoms with Gasteiger partial charge in [-0.15, -0.1) is 0 Å². The highest BCUT2D eigenvalue weighted by Crippen LogP contribution is 2.26. The van der Waals surface area contributed by atoms with E-state index in [4.69, 9.17) is 5.11 Å². The van der Waals surface area contributed by atoms with Crippen molar-refractivity contribution in [1.82, 2.24) is 5.32 Å². The number of rotatable bonds is 2. The summed E-state index contributed by atoms with van der Waals surface area (Å²) in [6.07, 6.45) is 0.586. The minimum Gasteiger partial charge on any atom is -0.396 e. The van der Waals surface area contributed by atoms with E-state index in [1.165, 1.54) is 0 Å². The maximum Gasteiger partial charge on any atom is 0.252 e. The van der Waals surface area contributed by atoms with E-state index in [1.54, 1.807) is 0 Å². The van der Waals surface area contributed by atoms with Crippen LogP contribution in [0.25, 0.3) is 0 Å². The molecule has 13 heavy (non-hydrogen) atoms. The molecule has 68 valence electrons. The van der Waals surface area contributed by atoms with Crippen LogP contribution in [-0.4, -0.2) is 17.6 Å². The molecule has 1 atom stereocenters. The molecular formula is C10H11NO2. The van der Waals surface area contributed by atoms with Crippen molar-refractivity contribution in [2.75, 3.05) is 6.61 Å². The molecule has 0 fully saturated rings. The highest BCUT2D eigenvalue weighted by atomic mass is 16.3. The van der Waals surface area contributed by atoms with Crippen LogP contribution in [0.1, 0.15) is 28.4 Å². The van der Waals surface area contributed by atoms with Crippen molar-refractivity contribution in [3.8, 4) is 0 Å². The summed E-state index contributed by atoms with van der Waals surface area (Å²) in [7, 11) is 0. The van der Waals surface area contributed by atoms with E-state index in [2.05, 4.69) is 5.32 Å². The van der Waals surface area contributed by atoms with Gasteiger partial charge in [0.2, 0.25) is 0 Å². The van der Waals surface area contributed by atoms with Gasteiger partial charge >= 0.3 is 0 Å². The molecule has 1 aromatic rings. The minimum absolute atomic E-state index is 0.00583. The first-order valence-corrected chi connectivity index (χ1v) is 4.33. The second-order valence-electron chi connectivity index (χ2n) is 3.13. The van der Waals surface area contributed by atoms with Gasteiger partial charge in [-0.2, -0.15) is 0 Å². The summed E-state index contributed by atoms with van der Waals surface area (Å²) >= 11 is 0. The zero-order chi connectivity index (χ0) is 9.26. The molecule has 3 nitrogen and oxygen atoms in total. The third-order valence-corrected chi connectivity index (χ3v) is 2.30. The van der Waals surface area contributed by atoms with Gasteiger partial charge in [-0.05, 0) is 18.1 Å². The van der Waals surface area contributed by atoms with Crippen LogP contribution < -0.4 is 5.32 Å². The molecule has 0 aliphatic carbocycles. The SMILES string of the molecule is O=C1N[C@@H](CCO)c2ccccc21. The van der Waals surface area contributed by atoms with Crippen LogP contribution in [0.4, 0.5) is 0 Å². The zero-order valence-electron chi connectivity index (χ0n) is 7.16. The van der Waals surface area contributed by atoms with Crippen LogP contribution in [0.5, 0.6) is 0 Å². The Bertz CT molecular complexity index is 335. The van der Waals surface area contributed by atoms with Crippen molar-refractivity contribution in [2.45, 2.75) is 12.5 Å². The fraction of sp³-hybridized carbons (Fsp3) is 0.300. The minimum atomic E-state index is -0.0333. The molecule has 0 spiro atoms. The summed E-state index contributed by atoms with van der Waals surface area (Å²) in [5.41, 5.74) is 1.74. The van der Waals surface area contributed by atoms with Crippen molar-refractivity contribution in [3.05, 3.63) is 35.4 Å². The van der Waals surface area contributed by atoms with E-state index in [-0.39, 0.29) is 18.6 Å². The summed E-state index contributed by atoms with van der Waals surface area (Å²) in [6.45, 7) is 0.0965. The average molecular weight is 177 g/mol. The van der Waals surface area contributed by atoms with Crippen LogP contribution in [0.2, 0.25) is 0 Å². The number of hydrogen-bond acceptors (Lipinski definition) is 2. The molecule has 1 heterocycles. The normalized spacial score (nSPS) is 19.8. The molecule has 1 amide bonds. The Labute approximate surface area is 76.4 Å². The van der Waals surface area contributed by atoms with Gasteiger partial charge < -0.3 is 10.4 Å². The number of aliphatic hydroxyl groups excluding tert-OH is 1. The fourth-order valence-corrected chi connectivity index (χ4v) is 1.68. The smallest absolute Gasteiger partial charge is 0.252 e. The molecule has 0 radical (unpaired) electrons. The van der Waals surface area contributed by atoms with Gasteiger partial charge in [0, 0.05) is 12.2 Å². The van der Waals surface area contributed by atoms with Crippen LogP contribution in [-0.2, 0) is 0 Å². The van der Waals surface area contributed by atoms with Crippen molar-refractivity contribution < 1.29 is 9.90 Å². The number of nitrogens with one attached hydrogen (secondary N) is 1. The molecular weight excluding hydrogens is 166 g/mol. The number of amides is 1. The van der Waals surface area contributed by atoms with Gasteiger partial charge in [0.25, 0.3) is 5.91 Å². The Morgan fingerprint density at radius 3 is 2.92 bits per heavy atom. The summed E-state index contributed by atoms with van der Waals surface area (Å²) in [5, 5.41) is 11.6. The predicted octanol–water partition coefficient (Wildman–Crippen LogP) is 0.853. The molecule has 2 N–H and O–H groups in total. The topological polar surface area (TPSA) is 49.3 Å². The molecule has 0 aromatic heterocycles. The van der Waals surface area contributed by atoms with E-state index >= 15 is 0 Å². The van der Waals surface area contributed by atoms with Crippen LogP contribution in [0, 0.1) is 0 Å². The third-order valence-electron chi connectivity index (χ3n) is 2.30. The van der Waals surface area contributed by atoms with E-state index < -0.39 is 0 Å².